The maximum atomic E-state index is 12.1. The van der Waals surface area contributed by atoms with Gasteiger partial charge in [0.25, 0.3) is 0 Å². The van der Waals surface area contributed by atoms with Gasteiger partial charge in [0, 0.05) is 25.5 Å². The van der Waals surface area contributed by atoms with E-state index < -0.39 is 11.4 Å². The van der Waals surface area contributed by atoms with Gasteiger partial charge >= 0.3 is 5.97 Å². The number of hydrogen-bond donors (Lipinski definition) is 2. The molecule has 1 aliphatic carbocycles. The van der Waals surface area contributed by atoms with Crippen LogP contribution in [0.15, 0.2) is 0 Å². The molecule has 2 fully saturated rings. The third-order valence-corrected chi connectivity index (χ3v) is 4.63. The van der Waals surface area contributed by atoms with Crippen LogP contribution >= 0.6 is 0 Å². The number of carbonyl (C=O) groups excluding carboxylic acids is 1. The molecule has 2 rings (SSSR count). The summed E-state index contributed by atoms with van der Waals surface area (Å²) in [6.45, 7) is 2.07. The Bertz CT molecular complexity index is 342. The average Bonchev–Trinajstić information content (AvgIpc) is 2.82. The zero-order valence-corrected chi connectivity index (χ0v) is 12.0. The van der Waals surface area contributed by atoms with Crippen molar-refractivity contribution in [1.82, 2.24) is 5.32 Å². The molecule has 0 radical (unpaired) electrons. The Morgan fingerprint density at radius 3 is 2.45 bits per heavy atom. The Morgan fingerprint density at radius 2 is 1.90 bits per heavy atom. The molecular formula is C15H25NO4. The van der Waals surface area contributed by atoms with E-state index in [0.717, 1.165) is 38.7 Å². The normalized spacial score (nSPS) is 25.9. The van der Waals surface area contributed by atoms with Gasteiger partial charge in [-0.25, -0.2) is 0 Å². The molecule has 2 N–H and O–H groups in total. The second kappa shape index (κ2) is 7.07. The molecule has 0 bridgehead atoms. The third-order valence-electron chi connectivity index (χ3n) is 4.63. The van der Waals surface area contributed by atoms with Gasteiger partial charge in [0.15, 0.2) is 0 Å². The second-order valence-corrected chi connectivity index (χ2v) is 6.21. The van der Waals surface area contributed by atoms with Crippen molar-refractivity contribution in [2.24, 2.45) is 11.3 Å². The van der Waals surface area contributed by atoms with E-state index in [9.17, 15) is 14.7 Å². The first-order valence-electron chi connectivity index (χ1n) is 7.70. The summed E-state index contributed by atoms with van der Waals surface area (Å²) in [5.41, 5.74) is -0.841. The number of aliphatic carboxylic acids is 1. The number of ether oxygens (including phenoxy) is 1. The summed E-state index contributed by atoms with van der Waals surface area (Å²) >= 11 is 0. The number of amides is 1. The van der Waals surface area contributed by atoms with Crippen LogP contribution in [0, 0.1) is 11.3 Å². The molecule has 5 heteroatoms. The third kappa shape index (κ3) is 3.95. The first-order chi connectivity index (χ1) is 9.62. The average molecular weight is 283 g/mol. The van der Waals surface area contributed by atoms with Crippen LogP contribution in [0.5, 0.6) is 0 Å². The Kier molecular flexibility index (Phi) is 5.40. The summed E-state index contributed by atoms with van der Waals surface area (Å²) in [4.78, 5) is 23.7. The largest absolute Gasteiger partial charge is 0.481 e. The van der Waals surface area contributed by atoms with Gasteiger partial charge in [0.1, 0.15) is 0 Å². The zero-order valence-electron chi connectivity index (χ0n) is 12.0. The molecule has 1 atom stereocenters. The molecule has 20 heavy (non-hydrogen) atoms. The molecule has 2 aliphatic rings. The Hall–Kier alpha value is -1.10. The molecule has 0 aromatic heterocycles. The van der Waals surface area contributed by atoms with Crippen molar-refractivity contribution in [3.05, 3.63) is 0 Å². The van der Waals surface area contributed by atoms with Crippen LogP contribution in [-0.4, -0.2) is 36.7 Å². The number of carboxylic acids is 1. The molecule has 1 amide bonds. The predicted octanol–water partition coefficient (Wildman–Crippen LogP) is 1.95. The van der Waals surface area contributed by atoms with Crippen LogP contribution in [0.3, 0.4) is 0 Å². The zero-order chi connectivity index (χ0) is 14.4. The molecule has 1 saturated heterocycles. The van der Waals surface area contributed by atoms with Crippen molar-refractivity contribution in [3.63, 3.8) is 0 Å². The van der Waals surface area contributed by atoms with Crippen LogP contribution in [0.4, 0.5) is 0 Å². The SMILES string of the molecule is O=C(CC1(C(=O)O)CCCCCC1)NCC1CCOC1. The summed E-state index contributed by atoms with van der Waals surface area (Å²) in [6.07, 6.45) is 6.34. The van der Waals surface area contributed by atoms with Crippen molar-refractivity contribution >= 4 is 11.9 Å². The summed E-state index contributed by atoms with van der Waals surface area (Å²) in [5, 5.41) is 12.4. The molecule has 0 aromatic carbocycles. The van der Waals surface area contributed by atoms with E-state index in [2.05, 4.69) is 5.32 Å². The van der Waals surface area contributed by atoms with Crippen molar-refractivity contribution in [1.29, 1.82) is 0 Å². The molecule has 0 spiro atoms. The smallest absolute Gasteiger partial charge is 0.310 e. The number of carboxylic acid groups (broad SMARTS) is 1. The monoisotopic (exact) mass is 283 g/mol. The maximum Gasteiger partial charge on any atom is 0.310 e. The highest BCUT2D eigenvalue weighted by Crippen LogP contribution is 2.38. The Balaban J connectivity index is 1.86. The van der Waals surface area contributed by atoms with E-state index >= 15 is 0 Å². The molecule has 0 aromatic rings. The minimum Gasteiger partial charge on any atom is -0.481 e. The van der Waals surface area contributed by atoms with Gasteiger partial charge in [-0.3, -0.25) is 9.59 Å². The van der Waals surface area contributed by atoms with E-state index in [1.54, 1.807) is 0 Å². The number of nitrogens with one attached hydrogen (secondary N) is 1. The fourth-order valence-corrected chi connectivity index (χ4v) is 3.24. The Labute approximate surface area is 120 Å². The fraction of sp³-hybridized carbons (Fsp3) is 0.867. The van der Waals surface area contributed by atoms with Gasteiger partial charge in [-0.2, -0.15) is 0 Å². The van der Waals surface area contributed by atoms with Crippen molar-refractivity contribution in [2.75, 3.05) is 19.8 Å². The van der Waals surface area contributed by atoms with Crippen molar-refractivity contribution < 1.29 is 19.4 Å². The topological polar surface area (TPSA) is 75.6 Å². The molecular weight excluding hydrogens is 258 g/mol. The van der Waals surface area contributed by atoms with E-state index in [-0.39, 0.29) is 12.3 Å². The van der Waals surface area contributed by atoms with E-state index in [0.29, 0.717) is 31.9 Å². The second-order valence-electron chi connectivity index (χ2n) is 6.21. The highest BCUT2D eigenvalue weighted by Gasteiger charge is 2.40. The first-order valence-corrected chi connectivity index (χ1v) is 7.70. The van der Waals surface area contributed by atoms with Crippen LogP contribution in [0.2, 0.25) is 0 Å². The van der Waals surface area contributed by atoms with Crippen molar-refractivity contribution in [2.45, 2.75) is 51.4 Å². The molecule has 5 nitrogen and oxygen atoms in total. The molecule has 1 aliphatic heterocycles. The van der Waals surface area contributed by atoms with Gasteiger partial charge in [-0.1, -0.05) is 25.7 Å². The van der Waals surface area contributed by atoms with Crippen molar-refractivity contribution in [3.8, 4) is 0 Å². The highest BCUT2D eigenvalue weighted by molar-refractivity contribution is 5.85. The summed E-state index contributed by atoms with van der Waals surface area (Å²) in [5.74, 6) is -0.547. The molecule has 1 saturated carbocycles. The minimum atomic E-state index is -0.841. The molecule has 1 unspecified atom stereocenters. The summed E-state index contributed by atoms with van der Waals surface area (Å²) in [7, 11) is 0. The van der Waals surface area contributed by atoms with Gasteiger partial charge < -0.3 is 15.2 Å². The van der Waals surface area contributed by atoms with Gasteiger partial charge in [0.2, 0.25) is 5.91 Å². The summed E-state index contributed by atoms with van der Waals surface area (Å²) in [6, 6.07) is 0. The Morgan fingerprint density at radius 1 is 1.20 bits per heavy atom. The fourth-order valence-electron chi connectivity index (χ4n) is 3.24. The lowest BCUT2D eigenvalue weighted by Crippen LogP contribution is -2.39. The van der Waals surface area contributed by atoms with Crippen LogP contribution < -0.4 is 5.32 Å². The number of hydrogen-bond acceptors (Lipinski definition) is 3. The van der Waals surface area contributed by atoms with E-state index in [1.807, 2.05) is 0 Å². The van der Waals surface area contributed by atoms with Crippen LogP contribution in [0.25, 0.3) is 0 Å². The van der Waals surface area contributed by atoms with E-state index in [1.165, 1.54) is 0 Å². The molecule has 114 valence electrons. The number of rotatable bonds is 5. The quantitative estimate of drug-likeness (QED) is 0.756. The standard InChI is InChI=1S/C15H25NO4/c17-13(16-10-12-5-8-20-11-12)9-15(14(18)19)6-3-1-2-4-7-15/h12H,1-11H2,(H,16,17)(H,18,19). The lowest BCUT2D eigenvalue weighted by Gasteiger charge is -2.27. The van der Waals surface area contributed by atoms with Crippen LogP contribution in [0.1, 0.15) is 51.4 Å². The molecule has 1 heterocycles. The van der Waals surface area contributed by atoms with Gasteiger partial charge in [-0.05, 0) is 19.3 Å². The lowest BCUT2D eigenvalue weighted by molar-refractivity contribution is -0.152. The predicted molar refractivity (Wildman–Crippen MR) is 74.3 cm³/mol. The van der Waals surface area contributed by atoms with Crippen LogP contribution in [-0.2, 0) is 14.3 Å². The lowest BCUT2D eigenvalue weighted by atomic mass is 9.77. The first kappa shape index (κ1) is 15.3. The minimum absolute atomic E-state index is 0.121. The van der Waals surface area contributed by atoms with Gasteiger partial charge in [-0.15, -0.1) is 0 Å². The highest BCUT2D eigenvalue weighted by atomic mass is 16.5. The number of carbonyl (C=O) groups is 2. The van der Waals surface area contributed by atoms with E-state index in [4.69, 9.17) is 4.74 Å². The van der Waals surface area contributed by atoms with Gasteiger partial charge in [0.05, 0.1) is 12.0 Å². The summed E-state index contributed by atoms with van der Waals surface area (Å²) < 4.78 is 5.27. The maximum absolute atomic E-state index is 12.1.